The van der Waals surface area contributed by atoms with Gasteiger partial charge in [0.05, 0.1) is 11.4 Å². The second-order valence-corrected chi connectivity index (χ2v) is 5.27. The third kappa shape index (κ3) is 2.71. The largest absolute Gasteiger partial charge is 0.340 e. The van der Waals surface area contributed by atoms with Crippen molar-refractivity contribution in [2.45, 2.75) is 23.1 Å². The molecule has 0 bridgehead atoms. The fraction of sp³-hybridized carbons (Fsp3) is 0.200. The van der Waals surface area contributed by atoms with E-state index in [2.05, 4.69) is 60.4 Å². The first-order valence-corrected chi connectivity index (χ1v) is 6.85. The Hall–Kier alpha value is 0.226. The van der Waals surface area contributed by atoms with Gasteiger partial charge in [-0.25, -0.2) is 0 Å². The Morgan fingerprint density at radius 3 is 1.89 bits per heavy atom. The molecule has 2 aromatic rings. The molecule has 1 aliphatic rings. The average molecular weight is 280 g/mol. The normalized spacial score (nSPS) is 12.4. The third-order valence-electron chi connectivity index (χ3n) is 2.98. The van der Waals surface area contributed by atoms with Gasteiger partial charge in [0.2, 0.25) is 0 Å². The van der Waals surface area contributed by atoms with E-state index < -0.39 is 0 Å². The number of hydrogen-bond donors (Lipinski definition) is 0. The maximum Gasteiger partial charge on any atom is 0.0552 e. The number of nitrogens with zero attached hydrogens (tertiary/aromatic N) is 1. The van der Waals surface area contributed by atoms with Crippen molar-refractivity contribution in [3.05, 3.63) is 48.5 Å². The number of para-hydroxylation sites is 2. The summed E-state index contributed by atoms with van der Waals surface area (Å²) in [6.07, 6.45) is 1.16. The molecule has 3 rings (SSSR count). The van der Waals surface area contributed by atoms with E-state index >= 15 is 0 Å². The zero-order valence-electron chi connectivity index (χ0n) is 10.9. The van der Waals surface area contributed by atoms with E-state index in [0.717, 1.165) is 13.0 Å². The summed E-state index contributed by atoms with van der Waals surface area (Å²) in [5.74, 6) is 0. The summed E-state index contributed by atoms with van der Waals surface area (Å²) in [5, 5.41) is 0. The van der Waals surface area contributed by atoms with Crippen LogP contribution in [0.4, 0.5) is 11.4 Å². The molecule has 1 nitrogen and oxygen atoms in total. The van der Waals surface area contributed by atoms with Crippen molar-refractivity contribution in [1.82, 2.24) is 0 Å². The number of rotatable bonds is 2. The summed E-state index contributed by atoms with van der Waals surface area (Å²) in [4.78, 5) is 5.15. The molecule has 0 N–H and O–H groups in total. The monoisotopic (exact) mass is 280 g/mol. The Balaban J connectivity index is 0.00000120. The van der Waals surface area contributed by atoms with Gasteiger partial charge in [-0.15, -0.1) is 0 Å². The van der Waals surface area contributed by atoms with Crippen LogP contribution in [0, 0.1) is 0 Å². The quantitative estimate of drug-likeness (QED) is 0.754. The van der Waals surface area contributed by atoms with Crippen molar-refractivity contribution in [1.29, 1.82) is 0 Å². The van der Waals surface area contributed by atoms with Gasteiger partial charge >= 0.3 is 0 Å². The standard InChI is InChI=1S/C15H15NS.K/c1-2-11-16-12-7-3-5-9-14(12)17-15-10-6-4-8-13(15)16;/h3-10H,2,11H2,1H3;. The molecule has 1 aliphatic heterocycles. The predicted octanol–water partition coefficient (Wildman–Crippen LogP) is 4.32. The van der Waals surface area contributed by atoms with E-state index in [0.29, 0.717) is 0 Å². The molecule has 0 aromatic heterocycles. The van der Waals surface area contributed by atoms with Gasteiger partial charge in [0.25, 0.3) is 0 Å². The molecule has 1 heterocycles. The van der Waals surface area contributed by atoms with Crippen molar-refractivity contribution in [3.8, 4) is 0 Å². The van der Waals surface area contributed by atoms with Gasteiger partial charge in [-0.05, 0) is 30.7 Å². The fourth-order valence-electron chi connectivity index (χ4n) is 2.25. The zero-order valence-corrected chi connectivity index (χ0v) is 14.8. The van der Waals surface area contributed by atoms with Crippen LogP contribution >= 0.6 is 11.8 Å². The number of hydrogen-bond acceptors (Lipinski definition) is 2. The number of anilines is 2. The summed E-state index contributed by atoms with van der Waals surface area (Å²) in [6.45, 7) is 3.31. The Kier molecular flexibility index (Phi) is 5.36. The van der Waals surface area contributed by atoms with Crippen LogP contribution in [-0.2, 0) is 0 Å². The van der Waals surface area contributed by atoms with E-state index in [4.69, 9.17) is 0 Å². The summed E-state index contributed by atoms with van der Waals surface area (Å²) >= 11 is 1.87. The average Bonchev–Trinajstić information content (AvgIpc) is 2.39. The van der Waals surface area contributed by atoms with Crippen molar-refractivity contribution in [2.75, 3.05) is 11.4 Å². The predicted molar refractivity (Wildman–Crippen MR) is 80.1 cm³/mol. The first-order valence-electron chi connectivity index (χ1n) is 6.03. The SMILES string of the molecule is CCCN1c2ccccc2Sc2ccccc21.[K]. The van der Waals surface area contributed by atoms with E-state index in [-0.39, 0.29) is 51.4 Å². The van der Waals surface area contributed by atoms with Crippen LogP contribution in [0.1, 0.15) is 13.3 Å². The summed E-state index contributed by atoms with van der Waals surface area (Å²) in [7, 11) is 0. The number of fused-ring (bicyclic) bond motifs is 2. The zero-order chi connectivity index (χ0) is 11.7. The molecule has 0 spiro atoms. The van der Waals surface area contributed by atoms with Crippen molar-refractivity contribution < 1.29 is 0 Å². The second-order valence-electron chi connectivity index (χ2n) is 4.19. The molecule has 0 atom stereocenters. The van der Waals surface area contributed by atoms with Crippen LogP contribution in [0.2, 0.25) is 0 Å². The first-order chi connectivity index (χ1) is 8.40. The van der Waals surface area contributed by atoms with Crippen LogP contribution in [0.5, 0.6) is 0 Å². The van der Waals surface area contributed by atoms with Crippen LogP contribution in [-0.4, -0.2) is 57.9 Å². The van der Waals surface area contributed by atoms with Crippen molar-refractivity contribution in [2.24, 2.45) is 0 Å². The van der Waals surface area contributed by atoms with E-state index in [9.17, 15) is 0 Å². The molecule has 3 heteroatoms. The molecule has 0 aliphatic carbocycles. The number of benzene rings is 2. The van der Waals surface area contributed by atoms with Gasteiger partial charge in [0.1, 0.15) is 0 Å². The van der Waals surface area contributed by atoms with Crippen molar-refractivity contribution >= 4 is 74.5 Å². The van der Waals surface area contributed by atoms with Crippen molar-refractivity contribution in [3.63, 3.8) is 0 Å². The van der Waals surface area contributed by atoms with E-state index in [1.165, 1.54) is 21.2 Å². The Bertz CT molecular complexity index is 496. The summed E-state index contributed by atoms with van der Waals surface area (Å²) in [5.41, 5.74) is 2.69. The first kappa shape index (κ1) is 14.6. The van der Waals surface area contributed by atoms with Crippen LogP contribution in [0.25, 0.3) is 0 Å². The van der Waals surface area contributed by atoms with Gasteiger partial charge < -0.3 is 4.90 Å². The molecule has 0 saturated heterocycles. The van der Waals surface area contributed by atoms with E-state index in [1.807, 2.05) is 11.8 Å². The molecular weight excluding hydrogens is 265 g/mol. The maximum atomic E-state index is 2.43. The molecule has 0 fully saturated rings. The topological polar surface area (TPSA) is 3.24 Å². The molecular formula is C15H15KNS. The van der Waals surface area contributed by atoms with Gasteiger partial charge in [-0.3, -0.25) is 0 Å². The van der Waals surface area contributed by atoms with Crippen LogP contribution in [0.15, 0.2) is 58.3 Å². The maximum absolute atomic E-state index is 2.43. The second kappa shape index (κ2) is 6.59. The molecule has 1 radical (unpaired) electrons. The molecule has 0 unspecified atom stereocenters. The molecule has 18 heavy (non-hydrogen) atoms. The Labute approximate surface area is 155 Å². The van der Waals surface area contributed by atoms with Gasteiger partial charge in [0.15, 0.2) is 0 Å². The minimum absolute atomic E-state index is 0. The Morgan fingerprint density at radius 2 is 1.39 bits per heavy atom. The molecule has 87 valence electrons. The van der Waals surface area contributed by atoms with Crippen LogP contribution in [0.3, 0.4) is 0 Å². The van der Waals surface area contributed by atoms with Gasteiger partial charge in [-0.1, -0.05) is 43.0 Å². The molecule has 2 aromatic carbocycles. The fourth-order valence-corrected chi connectivity index (χ4v) is 3.34. The van der Waals surface area contributed by atoms with E-state index in [1.54, 1.807) is 0 Å². The minimum Gasteiger partial charge on any atom is -0.340 e. The minimum atomic E-state index is 0. The summed E-state index contributed by atoms with van der Waals surface area (Å²) < 4.78 is 0. The third-order valence-corrected chi connectivity index (χ3v) is 4.11. The summed E-state index contributed by atoms with van der Waals surface area (Å²) in [6, 6.07) is 17.3. The molecule has 0 amide bonds. The van der Waals surface area contributed by atoms with Gasteiger partial charge in [-0.2, -0.15) is 0 Å². The molecule has 0 saturated carbocycles. The smallest absolute Gasteiger partial charge is 0.0552 e. The van der Waals surface area contributed by atoms with Gasteiger partial charge in [0, 0.05) is 67.7 Å². The van der Waals surface area contributed by atoms with Crippen LogP contribution < -0.4 is 4.90 Å². The Morgan fingerprint density at radius 1 is 0.889 bits per heavy atom.